The molecular weight excluding hydrogens is 180 g/mol. The van der Waals surface area contributed by atoms with Crippen LogP contribution in [0.25, 0.3) is 11.1 Å². The smallest absolute Gasteiger partial charge is 0.212 e. The number of nitrogens with two attached hydrogens (primary N) is 1. The first-order valence-electron chi connectivity index (χ1n) is 4.49. The molecule has 0 bridgehead atoms. The summed E-state index contributed by atoms with van der Waals surface area (Å²) in [5.41, 5.74) is 9.01. The lowest BCUT2D eigenvalue weighted by Crippen LogP contribution is -1.97. The molecule has 5 nitrogen and oxygen atoms in total. The molecule has 0 amide bonds. The first-order valence-corrected chi connectivity index (χ1v) is 4.49. The molecule has 0 saturated carbocycles. The van der Waals surface area contributed by atoms with Crippen molar-refractivity contribution >= 4 is 16.8 Å². The Morgan fingerprint density at radius 1 is 1.29 bits per heavy atom. The largest absolute Gasteiger partial charge is 0.394 e. The van der Waals surface area contributed by atoms with Gasteiger partial charge in [0.05, 0.1) is 5.69 Å². The monoisotopic (exact) mass is 192 g/mol. The molecule has 0 atom stereocenters. The Bertz CT molecular complexity index is 475. The lowest BCUT2D eigenvalue weighted by molar-refractivity contribution is 0.442. The van der Waals surface area contributed by atoms with E-state index < -0.39 is 0 Å². The Balaban J connectivity index is 2.77. The molecule has 0 aromatic carbocycles. The quantitative estimate of drug-likeness (QED) is 0.743. The molecule has 0 fully saturated rings. The van der Waals surface area contributed by atoms with Crippen LogP contribution in [0.15, 0.2) is 4.52 Å². The fourth-order valence-corrected chi connectivity index (χ4v) is 1.29. The van der Waals surface area contributed by atoms with Gasteiger partial charge in [-0.3, -0.25) is 0 Å². The number of aromatic nitrogens is 3. The zero-order valence-corrected chi connectivity index (χ0v) is 8.40. The van der Waals surface area contributed by atoms with Crippen molar-refractivity contribution in [3.63, 3.8) is 0 Å². The Kier molecular flexibility index (Phi) is 1.87. The predicted molar refractivity (Wildman–Crippen MR) is 52.8 cm³/mol. The fraction of sp³-hybridized carbons (Fsp3) is 0.444. The highest BCUT2D eigenvalue weighted by Crippen LogP contribution is 2.26. The van der Waals surface area contributed by atoms with E-state index in [1.54, 1.807) is 6.92 Å². The number of aryl methyl sites for hydroxylation is 1. The van der Waals surface area contributed by atoms with Crippen molar-refractivity contribution in [2.45, 2.75) is 26.7 Å². The van der Waals surface area contributed by atoms with E-state index in [-0.39, 0.29) is 5.92 Å². The molecule has 0 saturated heterocycles. The van der Waals surface area contributed by atoms with Gasteiger partial charge in [0.1, 0.15) is 11.4 Å². The summed E-state index contributed by atoms with van der Waals surface area (Å²) in [6, 6.07) is 0. The van der Waals surface area contributed by atoms with Crippen LogP contribution in [0.2, 0.25) is 0 Å². The van der Waals surface area contributed by atoms with Gasteiger partial charge in [0.25, 0.3) is 0 Å². The minimum Gasteiger partial charge on any atom is -0.394 e. The van der Waals surface area contributed by atoms with E-state index in [0.29, 0.717) is 22.5 Å². The molecule has 74 valence electrons. The third-order valence-corrected chi connectivity index (χ3v) is 2.17. The molecule has 2 rings (SSSR count). The zero-order chi connectivity index (χ0) is 10.3. The number of rotatable bonds is 1. The van der Waals surface area contributed by atoms with Gasteiger partial charge in [-0.1, -0.05) is 19.0 Å². The van der Waals surface area contributed by atoms with Gasteiger partial charge in [0.2, 0.25) is 5.58 Å². The Morgan fingerprint density at radius 2 is 2.00 bits per heavy atom. The van der Waals surface area contributed by atoms with Gasteiger partial charge in [0, 0.05) is 5.92 Å². The van der Waals surface area contributed by atoms with Crippen molar-refractivity contribution in [2.24, 2.45) is 0 Å². The summed E-state index contributed by atoms with van der Waals surface area (Å²) >= 11 is 0. The number of hydrogen-bond donors (Lipinski definition) is 1. The van der Waals surface area contributed by atoms with Gasteiger partial charge < -0.3 is 10.3 Å². The molecular formula is C9H12N4O. The summed E-state index contributed by atoms with van der Waals surface area (Å²) in [4.78, 5) is 0. The van der Waals surface area contributed by atoms with Gasteiger partial charge >= 0.3 is 0 Å². The van der Waals surface area contributed by atoms with Gasteiger partial charge in [-0.25, -0.2) is 0 Å². The SMILES string of the molecule is Cc1nnc2c(C(C)C)noc2c1N. The van der Waals surface area contributed by atoms with Crippen molar-refractivity contribution < 1.29 is 4.52 Å². The highest BCUT2D eigenvalue weighted by atomic mass is 16.5. The number of anilines is 1. The van der Waals surface area contributed by atoms with Gasteiger partial charge in [-0.2, -0.15) is 5.10 Å². The normalized spacial score (nSPS) is 11.4. The van der Waals surface area contributed by atoms with E-state index in [1.165, 1.54) is 0 Å². The van der Waals surface area contributed by atoms with Crippen LogP contribution >= 0.6 is 0 Å². The first-order chi connectivity index (χ1) is 6.61. The molecule has 0 aliphatic rings. The molecule has 0 unspecified atom stereocenters. The Hall–Kier alpha value is -1.65. The predicted octanol–water partition coefficient (Wildman–Crippen LogP) is 1.63. The van der Waals surface area contributed by atoms with Gasteiger partial charge in [-0.15, -0.1) is 5.10 Å². The standard InChI is InChI=1S/C9H12N4O/c1-4(2)7-8-9(14-13-7)6(10)5(3)11-12-8/h4H,1-3H3,(H2,10,12). The van der Waals surface area contributed by atoms with Crippen LogP contribution in [0.5, 0.6) is 0 Å². The molecule has 2 heterocycles. The average molecular weight is 192 g/mol. The highest BCUT2D eigenvalue weighted by molar-refractivity contribution is 5.86. The van der Waals surface area contributed by atoms with Gasteiger partial charge in [0.15, 0.2) is 5.52 Å². The summed E-state index contributed by atoms with van der Waals surface area (Å²) in [7, 11) is 0. The summed E-state index contributed by atoms with van der Waals surface area (Å²) in [6.07, 6.45) is 0. The lowest BCUT2D eigenvalue weighted by Gasteiger charge is -1.98. The number of fused-ring (bicyclic) bond motifs is 1. The molecule has 0 aliphatic carbocycles. The van der Waals surface area contributed by atoms with Crippen LogP contribution in [0.4, 0.5) is 5.69 Å². The van der Waals surface area contributed by atoms with Crippen LogP contribution in [0, 0.1) is 6.92 Å². The van der Waals surface area contributed by atoms with Crippen molar-refractivity contribution in [3.8, 4) is 0 Å². The van der Waals surface area contributed by atoms with E-state index in [2.05, 4.69) is 15.4 Å². The zero-order valence-electron chi connectivity index (χ0n) is 8.40. The fourth-order valence-electron chi connectivity index (χ4n) is 1.29. The summed E-state index contributed by atoms with van der Waals surface area (Å²) < 4.78 is 5.14. The van der Waals surface area contributed by atoms with Crippen molar-refractivity contribution in [3.05, 3.63) is 11.4 Å². The number of nitrogen functional groups attached to an aromatic ring is 1. The third-order valence-electron chi connectivity index (χ3n) is 2.17. The number of nitrogens with zero attached hydrogens (tertiary/aromatic N) is 3. The second-order valence-electron chi connectivity index (χ2n) is 3.60. The van der Waals surface area contributed by atoms with E-state index in [0.717, 1.165) is 5.69 Å². The van der Waals surface area contributed by atoms with E-state index in [1.807, 2.05) is 13.8 Å². The molecule has 2 N–H and O–H groups in total. The second kappa shape index (κ2) is 2.94. The van der Waals surface area contributed by atoms with Crippen LogP contribution in [-0.2, 0) is 0 Å². The molecule has 2 aromatic rings. The van der Waals surface area contributed by atoms with Crippen molar-refractivity contribution in [1.29, 1.82) is 0 Å². The van der Waals surface area contributed by atoms with Crippen LogP contribution in [-0.4, -0.2) is 15.4 Å². The highest BCUT2D eigenvalue weighted by Gasteiger charge is 2.16. The molecule has 5 heteroatoms. The maximum atomic E-state index is 5.80. The summed E-state index contributed by atoms with van der Waals surface area (Å²) in [6.45, 7) is 5.84. The maximum absolute atomic E-state index is 5.80. The maximum Gasteiger partial charge on any atom is 0.212 e. The summed E-state index contributed by atoms with van der Waals surface area (Å²) in [5, 5.41) is 11.9. The topological polar surface area (TPSA) is 77.8 Å². The Morgan fingerprint density at radius 3 is 2.64 bits per heavy atom. The second-order valence-corrected chi connectivity index (χ2v) is 3.60. The molecule has 0 aliphatic heterocycles. The molecule has 0 spiro atoms. The molecule has 2 aromatic heterocycles. The lowest BCUT2D eigenvalue weighted by atomic mass is 10.1. The van der Waals surface area contributed by atoms with E-state index >= 15 is 0 Å². The minimum absolute atomic E-state index is 0.257. The molecule has 14 heavy (non-hydrogen) atoms. The average Bonchev–Trinajstić information content (AvgIpc) is 2.55. The van der Waals surface area contributed by atoms with E-state index in [4.69, 9.17) is 10.3 Å². The minimum atomic E-state index is 0.257. The first kappa shape index (κ1) is 8.93. The van der Waals surface area contributed by atoms with Gasteiger partial charge in [-0.05, 0) is 6.92 Å². The van der Waals surface area contributed by atoms with Crippen LogP contribution in [0.1, 0.15) is 31.2 Å². The van der Waals surface area contributed by atoms with Crippen LogP contribution in [0.3, 0.4) is 0 Å². The summed E-state index contributed by atoms with van der Waals surface area (Å²) in [5.74, 6) is 0.257. The van der Waals surface area contributed by atoms with E-state index in [9.17, 15) is 0 Å². The van der Waals surface area contributed by atoms with Crippen molar-refractivity contribution in [2.75, 3.05) is 5.73 Å². The third kappa shape index (κ3) is 1.13. The molecule has 0 radical (unpaired) electrons. The number of hydrogen-bond acceptors (Lipinski definition) is 5. The van der Waals surface area contributed by atoms with Crippen molar-refractivity contribution in [1.82, 2.24) is 15.4 Å². The Labute approximate surface area is 81.3 Å². The van der Waals surface area contributed by atoms with Crippen LogP contribution < -0.4 is 5.73 Å².